The number of nitrogens with zero attached hydrogens (tertiary/aromatic N) is 2. The Morgan fingerprint density at radius 1 is 1.29 bits per heavy atom. The van der Waals surface area contributed by atoms with Gasteiger partial charge in [0.2, 0.25) is 0 Å². The molecule has 2 rings (SSSR count). The zero-order valence-corrected chi connectivity index (χ0v) is 11.2. The third kappa shape index (κ3) is 3.39. The summed E-state index contributed by atoms with van der Waals surface area (Å²) in [5, 5.41) is 0.528. The molecule has 3 nitrogen and oxygen atoms in total. The summed E-state index contributed by atoms with van der Waals surface area (Å²) < 4.78 is 5.09. The van der Waals surface area contributed by atoms with E-state index in [-0.39, 0.29) is 0 Å². The fraction of sp³-hybridized carbons (Fsp3) is 0.692. The number of methoxy groups -OCH3 is 1. The van der Waals surface area contributed by atoms with Crippen molar-refractivity contribution >= 4 is 11.6 Å². The third-order valence-corrected chi connectivity index (χ3v) is 3.63. The number of ether oxygens (including phenoxy) is 1. The van der Waals surface area contributed by atoms with E-state index >= 15 is 0 Å². The van der Waals surface area contributed by atoms with Crippen LogP contribution < -0.4 is 0 Å². The highest BCUT2D eigenvalue weighted by Crippen LogP contribution is 2.34. The Morgan fingerprint density at radius 2 is 2.00 bits per heavy atom. The summed E-state index contributed by atoms with van der Waals surface area (Å²) in [4.78, 5) is 8.92. The van der Waals surface area contributed by atoms with Gasteiger partial charge in [0.25, 0.3) is 0 Å². The molecule has 0 unspecified atom stereocenters. The van der Waals surface area contributed by atoms with Crippen molar-refractivity contribution in [1.29, 1.82) is 0 Å². The first-order valence-electron chi connectivity index (χ1n) is 6.21. The standard InChI is InChI=1S/C13H19ClN2O/c1-9-3-5-10(6-4-9)13-15-11(8-17-2)7-12(14)16-13/h7,9-10H,3-6,8H2,1-2H3. The Kier molecular flexibility index (Phi) is 4.35. The van der Waals surface area contributed by atoms with Crippen molar-refractivity contribution < 1.29 is 4.74 Å². The lowest BCUT2D eigenvalue weighted by Crippen LogP contribution is -2.14. The first-order valence-corrected chi connectivity index (χ1v) is 6.59. The zero-order valence-electron chi connectivity index (χ0n) is 10.4. The van der Waals surface area contributed by atoms with Gasteiger partial charge in [-0.15, -0.1) is 0 Å². The molecular weight excluding hydrogens is 236 g/mol. The lowest BCUT2D eigenvalue weighted by Gasteiger charge is -2.25. The lowest BCUT2D eigenvalue weighted by atomic mass is 9.82. The van der Waals surface area contributed by atoms with E-state index in [0.717, 1.165) is 17.4 Å². The van der Waals surface area contributed by atoms with Gasteiger partial charge in [0.15, 0.2) is 0 Å². The summed E-state index contributed by atoms with van der Waals surface area (Å²) in [6.07, 6.45) is 4.88. The third-order valence-electron chi connectivity index (χ3n) is 3.44. The van der Waals surface area contributed by atoms with Crippen LogP contribution in [0.5, 0.6) is 0 Å². The van der Waals surface area contributed by atoms with E-state index in [1.807, 2.05) is 0 Å². The molecule has 17 heavy (non-hydrogen) atoms. The summed E-state index contributed by atoms with van der Waals surface area (Å²) in [6.45, 7) is 2.81. The number of aromatic nitrogens is 2. The monoisotopic (exact) mass is 254 g/mol. The maximum absolute atomic E-state index is 6.03. The van der Waals surface area contributed by atoms with Gasteiger partial charge in [-0.05, 0) is 24.8 Å². The molecule has 0 saturated heterocycles. The van der Waals surface area contributed by atoms with E-state index in [1.165, 1.54) is 25.7 Å². The largest absolute Gasteiger partial charge is 0.378 e. The van der Waals surface area contributed by atoms with E-state index < -0.39 is 0 Å². The number of hydrogen-bond donors (Lipinski definition) is 0. The molecular formula is C13H19ClN2O. The topological polar surface area (TPSA) is 35.0 Å². The van der Waals surface area contributed by atoms with Crippen molar-refractivity contribution in [2.75, 3.05) is 7.11 Å². The number of hydrogen-bond acceptors (Lipinski definition) is 3. The lowest BCUT2D eigenvalue weighted by molar-refractivity contribution is 0.181. The molecule has 1 aromatic rings. The van der Waals surface area contributed by atoms with Gasteiger partial charge in [-0.2, -0.15) is 0 Å². The fourth-order valence-electron chi connectivity index (χ4n) is 2.41. The smallest absolute Gasteiger partial charge is 0.133 e. The van der Waals surface area contributed by atoms with Crippen LogP contribution in [0.15, 0.2) is 6.07 Å². The summed E-state index contributed by atoms with van der Waals surface area (Å²) in [7, 11) is 1.66. The van der Waals surface area contributed by atoms with Crippen LogP contribution in [0.2, 0.25) is 5.15 Å². The van der Waals surface area contributed by atoms with E-state index in [4.69, 9.17) is 16.3 Å². The molecule has 1 aliphatic rings. The van der Waals surface area contributed by atoms with Crippen LogP contribution in [0.1, 0.15) is 50.0 Å². The number of halogens is 1. The maximum atomic E-state index is 6.03. The Morgan fingerprint density at radius 3 is 2.65 bits per heavy atom. The summed E-state index contributed by atoms with van der Waals surface area (Å²) in [5.41, 5.74) is 0.876. The van der Waals surface area contributed by atoms with Crippen molar-refractivity contribution in [2.24, 2.45) is 5.92 Å². The summed E-state index contributed by atoms with van der Waals surface area (Å²) in [5.74, 6) is 2.21. The molecule has 94 valence electrons. The molecule has 0 radical (unpaired) electrons. The summed E-state index contributed by atoms with van der Waals surface area (Å²) >= 11 is 6.03. The Labute approximate surface area is 108 Å². The molecule has 1 aliphatic carbocycles. The van der Waals surface area contributed by atoms with Crippen LogP contribution in [0.4, 0.5) is 0 Å². The predicted molar refractivity (Wildman–Crippen MR) is 68.1 cm³/mol. The van der Waals surface area contributed by atoms with Crippen molar-refractivity contribution in [3.63, 3.8) is 0 Å². The second kappa shape index (κ2) is 5.78. The highest BCUT2D eigenvalue weighted by atomic mass is 35.5. The van der Waals surface area contributed by atoms with Crippen LogP contribution in [-0.2, 0) is 11.3 Å². The minimum Gasteiger partial charge on any atom is -0.378 e. The van der Waals surface area contributed by atoms with E-state index in [0.29, 0.717) is 17.7 Å². The highest BCUT2D eigenvalue weighted by Gasteiger charge is 2.22. The minimum atomic E-state index is 0.473. The van der Waals surface area contributed by atoms with Gasteiger partial charge in [0.05, 0.1) is 12.3 Å². The van der Waals surface area contributed by atoms with Gasteiger partial charge in [-0.25, -0.2) is 9.97 Å². The normalized spacial score (nSPS) is 24.9. The van der Waals surface area contributed by atoms with Crippen LogP contribution in [0.25, 0.3) is 0 Å². The second-order valence-electron chi connectivity index (χ2n) is 4.93. The molecule has 0 aliphatic heterocycles. The van der Waals surface area contributed by atoms with Crippen LogP contribution in [0.3, 0.4) is 0 Å². The maximum Gasteiger partial charge on any atom is 0.133 e. The van der Waals surface area contributed by atoms with Gasteiger partial charge in [-0.3, -0.25) is 0 Å². The molecule has 4 heteroatoms. The molecule has 1 aromatic heterocycles. The quantitative estimate of drug-likeness (QED) is 0.774. The molecule has 1 fully saturated rings. The average Bonchev–Trinajstić information content (AvgIpc) is 2.29. The van der Waals surface area contributed by atoms with E-state index in [1.54, 1.807) is 13.2 Å². The first kappa shape index (κ1) is 12.8. The van der Waals surface area contributed by atoms with Gasteiger partial charge >= 0.3 is 0 Å². The Hall–Kier alpha value is -0.670. The second-order valence-corrected chi connectivity index (χ2v) is 5.32. The van der Waals surface area contributed by atoms with Crippen molar-refractivity contribution in [1.82, 2.24) is 9.97 Å². The van der Waals surface area contributed by atoms with E-state index in [9.17, 15) is 0 Å². The average molecular weight is 255 g/mol. The molecule has 0 amide bonds. The van der Waals surface area contributed by atoms with Gasteiger partial charge < -0.3 is 4.74 Å². The van der Waals surface area contributed by atoms with Gasteiger partial charge in [0, 0.05) is 13.0 Å². The van der Waals surface area contributed by atoms with Crippen LogP contribution in [-0.4, -0.2) is 17.1 Å². The molecule has 0 N–H and O–H groups in total. The Bertz CT molecular complexity index is 376. The van der Waals surface area contributed by atoms with Crippen molar-refractivity contribution in [2.45, 2.75) is 45.1 Å². The SMILES string of the molecule is COCc1cc(Cl)nc(C2CCC(C)CC2)n1. The molecule has 0 bridgehead atoms. The van der Waals surface area contributed by atoms with Crippen LogP contribution in [0, 0.1) is 5.92 Å². The zero-order chi connectivity index (χ0) is 12.3. The molecule has 1 saturated carbocycles. The predicted octanol–water partition coefficient (Wildman–Crippen LogP) is 3.57. The molecule has 1 heterocycles. The van der Waals surface area contributed by atoms with Crippen molar-refractivity contribution in [3.8, 4) is 0 Å². The number of rotatable bonds is 3. The molecule has 0 spiro atoms. The highest BCUT2D eigenvalue weighted by molar-refractivity contribution is 6.29. The Balaban J connectivity index is 2.14. The molecule has 0 atom stereocenters. The first-order chi connectivity index (χ1) is 8.19. The van der Waals surface area contributed by atoms with Crippen molar-refractivity contribution in [3.05, 3.63) is 22.7 Å². The molecule has 0 aromatic carbocycles. The van der Waals surface area contributed by atoms with Crippen LogP contribution >= 0.6 is 11.6 Å². The van der Waals surface area contributed by atoms with E-state index in [2.05, 4.69) is 16.9 Å². The van der Waals surface area contributed by atoms with Gasteiger partial charge in [-0.1, -0.05) is 31.4 Å². The fourth-order valence-corrected chi connectivity index (χ4v) is 2.62. The van der Waals surface area contributed by atoms with Gasteiger partial charge in [0.1, 0.15) is 11.0 Å². The minimum absolute atomic E-state index is 0.473. The summed E-state index contributed by atoms with van der Waals surface area (Å²) in [6, 6.07) is 1.78.